The first-order valence-electron chi connectivity index (χ1n) is 10.5. The zero-order valence-corrected chi connectivity index (χ0v) is 23.0. The summed E-state index contributed by atoms with van der Waals surface area (Å²) in [6.07, 6.45) is 18.5. The number of hydrogen-bond donors (Lipinski definition) is 1. The molecule has 0 heterocycles. The summed E-state index contributed by atoms with van der Waals surface area (Å²) < 4.78 is 0. The molecule has 0 fully saturated rings. The molecule has 0 spiro atoms. The summed E-state index contributed by atoms with van der Waals surface area (Å²) in [5.41, 5.74) is 0. The summed E-state index contributed by atoms with van der Waals surface area (Å²) >= 11 is 0. The third-order valence-corrected chi connectivity index (χ3v) is 4.33. The van der Waals surface area contributed by atoms with Crippen LogP contribution in [0.5, 0.6) is 0 Å². The van der Waals surface area contributed by atoms with Crippen molar-refractivity contribution in [3.63, 3.8) is 0 Å². The fourth-order valence-corrected chi connectivity index (χ4v) is 2.64. The maximum absolute atomic E-state index is 10.2. The van der Waals surface area contributed by atoms with Crippen LogP contribution in [0.2, 0.25) is 0 Å². The van der Waals surface area contributed by atoms with Crippen molar-refractivity contribution in [1.82, 2.24) is 0 Å². The first-order chi connectivity index (χ1) is 12.4. The first-order valence-corrected chi connectivity index (χ1v) is 10.5. The van der Waals surface area contributed by atoms with Crippen LogP contribution in [0.15, 0.2) is 0 Å². The molecule has 1 unspecified atom stereocenters. The van der Waals surface area contributed by atoms with Gasteiger partial charge < -0.3 is 24.9 Å². The minimum atomic E-state index is -1.44. The molecule has 1 N–H and O–H groups in total. The fraction of sp³-hybridized carbons (Fsp3) is 0.905. The SMILES string of the molecule is CC(O)C(=O)[O-].CCCCCCCCCCCCCCCCCC(=O)[O-].[Na+].[Na+]. The Balaban J connectivity index is -0.000000312. The van der Waals surface area contributed by atoms with Gasteiger partial charge in [0.25, 0.3) is 0 Å². The number of hydrogen-bond acceptors (Lipinski definition) is 5. The van der Waals surface area contributed by atoms with Gasteiger partial charge in [-0.2, -0.15) is 0 Å². The summed E-state index contributed by atoms with van der Waals surface area (Å²) in [4.78, 5) is 19.6. The number of carboxylic acid groups (broad SMARTS) is 2. The zero-order valence-electron chi connectivity index (χ0n) is 19.0. The maximum atomic E-state index is 10.2. The van der Waals surface area contributed by atoms with E-state index in [9.17, 15) is 19.8 Å². The molecule has 1 atom stereocenters. The van der Waals surface area contributed by atoms with Gasteiger partial charge in [0.15, 0.2) is 0 Å². The van der Waals surface area contributed by atoms with Crippen LogP contribution in [0.1, 0.15) is 117 Å². The van der Waals surface area contributed by atoms with Crippen LogP contribution in [-0.4, -0.2) is 23.1 Å². The standard InChI is InChI=1S/C18H36O2.C3H6O3.2Na/c1-2-3-4-5-6-7-8-9-10-11-12-13-14-15-16-17-18(19)20;1-2(4)3(5)6;;/h2-17H2,1H3,(H,19,20);2,4H,1H3,(H,5,6);;/q;;2*+1/p-2. The van der Waals surface area contributed by atoms with Gasteiger partial charge in [0.1, 0.15) is 0 Å². The van der Waals surface area contributed by atoms with Crippen LogP contribution in [0.4, 0.5) is 0 Å². The second-order valence-corrected chi connectivity index (χ2v) is 7.07. The first kappa shape index (κ1) is 36.3. The van der Waals surface area contributed by atoms with Gasteiger partial charge >= 0.3 is 59.1 Å². The number of aliphatic hydroxyl groups excluding tert-OH is 1. The van der Waals surface area contributed by atoms with E-state index in [0.29, 0.717) is 0 Å². The van der Waals surface area contributed by atoms with E-state index in [1.807, 2.05) is 0 Å². The van der Waals surface area contributed by atoms with Gasteiger partial charge in [0, 0.05) is 5.97 Å². The average Bonchev–Trinajstić information content (AvgIpc) is 2.58. The Bertz CT molecular complexity index is 326. The molecule has 0 radical (unpaired) electrons. The molecule has 0 aromatic heterocycles. The van der Waals surface area contributed by atoms with Crippen molar-refractivity contribution in [3.05, 3.63) is 0 Å². The summed E-state index contributed by atoms with van der Waals surface area (Å²) in [6, 6.07) is 0. The predicted octanol–water partition coefficient (Wildman–Crippen LogP) is -2.88. The van der Waals surface area contributed by atoms with Crippen molar-refractivity contribution < 1.29 is 84.0 Å². The smallest absolute Gasteiger partial charge is 0.550 e. The summed E-state index contributed by atoms with van der Waals surface area (Å²) in [6.45, 7) is 3.40. The van der Waals surface area contributed by atoms with Gasteiger partial charge in [-0.3, -0.25) is 0 Å². The van der Waals surface area contributed by atoms with E-state index in [2.05, 4.69) is 6.92 Å². The number of aliphatic hydroxyl groups is 1. The van der Waals surface area contributed by atoms with Crippen LogP contribution in [0.25, 0.3) is 0 Å². The van der Waals surface area contributed by atoms with Crippen LogP contribution in [0, 0.1) is 0 Å². The molecule has 28 heavy (non-hydrogen) atoms. The van der Waals surface area contributed by atoms with Gasteiger partial charge in [-0.15, -0.1) is 0 Å². The number of rotatable bonds is 17. The molecule has 0 bridgehead atoms. The summed E-state index contributed by atoms with van der Waals surface area (Å²) in [7, 11) is 0. The Kier molecular flexibility index (Phi) is 39.0. The van der Waals surface area contributed by atoms with Crippen molar-refractivity contribution >= 4 is 11.9 Å². The second kappa shape index (κ2) is 30.1. The molecule has 0 rings (SSSR count). The Morgan fingerprint density at radius 2 is 0.929 bits per heavy atom. The summed E-state index contributed by atoms with van der Waals surface area (Å²) in [5.74, 6) is -2.34. The van der Waals surface area contributed by atoms with E-state index in [1.165, 1.54) is 83.5 Å². The Morgan fingerprint density at radius 1 is 0.679 bits per heavy atom. The molecular weight excluding hydrogens is 378 g/mol. The average molecular weight is 419 g/mol. The molecule has 0 saturated heterocycles. The third kappa shape index (κ3) is 37.6. The van der Waals surface area contributed by atoms with Gasteiger partial charge in [-0.05, 0) is 19.8 Å². The monoisotopic (exact) mass is 418 g/mol. The molecule has 0 saturated carbocycles. The third-order valence-electron chi connectivity index (χ3n) is 4.33. The number of carbonyl (C=O) groups is 2. The topological polar surface area (TPSA) is 100 Å². The second-order valence-electron chi connectivity index (χ2n) is 7.07. The predicted molar refractivity (Wildman–Crippen MR) is 101 cm³/mol. The van der Waals surface area contributed by atoms with Gasteiger partial charge in [-0.1, -0.05) is 96.8 Å². The molecule has 0 aromatic carbocycles. The molecule has 0 amide bonds. The van der Waals surface area contributed by atoms with Crippen LogP contribution >= 0.6 is 0 Å². The van der Waals surface area contributed by atoms with Crippen LogP contribution in [0.3, 0.4) is 0 Å². The summed E-state index contributed by atoms with van der Waals surface area (Å²) in [5, 5.41) is 27.5. The van der Waals surface area contributed by atoms with Crippen molar-refractivity contribution in [2.24, 2.45) is 0 Å². The van der Waals surface area contributed by atoms with E-state index >= 15 is 0 Å². The quantitative estimate of drug-likeness (QED) is 0.202. The van der Waals surface area contributed by atoms with E-state index in [-0.39, 0.29) is 65.5 Å². The zero-order chi connectivity index (χ0) is 20.0. The van der Waals surface area contributed by atoms with E-state index in [4.69, 9.17) is 5.11 Å². The Morgan fingerprint density at radius 3 is 1.14 bits per heavy atom. The minimum absolute atomic E-state index is 0. The molecule has 0 aliphatic rings. The molecule has 5 nitrogen and oxygen atoms in total. The van der Waals surface area contributed by atoms with Crippen molar-refractivity contribution in [1.29, 1.82) is 0 Å². The van der Waals surface area contributed by atoms with Gasteiger partial charge in [-0.25, -0.2) is 0 Å². The Hall–Kier alpha value is 0.900. The molecule has 7 heteroatoms. The number of aliphatic carboxylic acids is 2. The number of carbonyl (C=O) groups excluding carboxylic acids is 2. The molecule has 0 aliphatic heterocycles. The largest absolute Gasteiger partial charge is 1.00 e. The number of unbranched alkanes of at least 4 members (excludes halogenated alkanes) is 14. The minimum Gasteiger partial charge on any atom is -0.550 e. The maximum Gasteiger partial charge on any atom is 1.00 e. The normalized spacial score (nSPS) is 10.7. The molecular formula is C21H40Na2O5. The van der Waals surface area contributed by atoms with E-state index in [0.717, 1.165) is 19.8 Å². The van der Waals surface area contributed by atoms with Gasteiger partial charge in [0.2, 0.25) is 0 Å². The van der Waals surface area contributed by atoms with E-state index < -0.39 is 18.0 Å². The van der Waals surface area contributed by atoms with Crippen LogP contribution in [-0.2, 0) is 9.59 Å². The fourth-order valence-electron chi connectivity index (χ4n) is 2.64. The van der Waals surface area contributed by atoms with Crippen molar-refractivity contribution in [2.45, 2.75) is 123 Å². The molecule has 0 aliphatic carbocycles. The Labute approximate surface area is 217 Å². The van der Waals surface area contributed by atoms with Crippen molar-refractivity contribution in [2.75, 3.05) is 0 Å². The number of carboxylic acids is 2. The van der Waals surface area contributed by atoms with Crippen molar-refractivity contribution in [3.8, 4) is 0 Å². The molecule has 0 aromatic rings. The van der Waals surface area contributed by atoms with Crippen LogP contribution < -0.4 is 69.3 Å². The molecule has 156 valence electrons. The van der Waals surface area contributed by atoms with Gasteiger partial charge in [0.05, 0.1) is 12.1 Å². The van der Waals surface area contributed by atoms with E-state index in [1.54, 1.807) is 0 Å².